The van der Waals surface area contributed by atoms with Crippen molar-refractivity contribution in [1.29, 1.82) is 5.26 Å². The molecule has 1 aliphatic rings. The Labute approximate surface area is 154 Å². The van der Waals surface area contributed by atoms with Crippen LogP contribution in [0.2, 0.25) is 0 Å². The van der Waals surface area contributed by atoms with E-state index < -0.39 is 10.0 Å². The van der Waals surface area contributed by atoms with Gasteiger partial charge in [-0.05, 0) is 55.5 Å². The summed E-state index contributed by atoms with van der Waals surface area (Å²) in [7, 11) is -3.66. The summed E-state index contributed by atoms with van der Waals surface area (Å²) in [6.07, 6.45) is 0. The molecule has 26 heavy (non-hydrogen) atoms. The van der Waals surface area contributed by atoms with Crippen LogP contribution in [-0.4, -0.2) is 41.1 Å². The first-order valence-corrected chi connectivity index (χ1v) is 10.2. The summed E-state index contributed by atoms with van der Waals surface area (Å²) in [6.45, 7) is 7.65. The zero-order valence-electron chi connectivity index (χ0n) is 14.8. The van der Waals surface area contributed by atoms with Crippen molar-refractivity contribution >= 4 is 21.4 Å². The standard InChI is InChI=1S/C19H22N4O2S/c1-2-22-11-13-23(14-12-22)18-7-5-17(6-8-18)21-26(24,25)19-9-3-16(15-20)4-10-19/h3-10,21H,2,11-14H2,1H3/p+1. The van der Waals surface area contributed by atoms with Gasteiger partial charge < -0.3 is 9.80 Å². The highest BCUT2D eigenvalue weighted by molar-refractivity contribution is 7.92. The molecule has 7 heteroatoms. The Balaban J connectivity index is 1.68. The van der Waals surface area contributed by atoms with Crippen molar-refractivity contribution < 1.29 is 13.3 Å². The van der Waals surface area contributed by atoms with Gasteiger partial charge in [0, 0.05) is 11.4 Å². The van der Waals surface area contributed by atoms with Crippen LogP contribution in [0.5, 0.6) is 0 Å². The van der Waals surface area contributed by atoms with E-state index in [1.165, 1.54) is 24.3 Å². The molecule has 1 saturated heterocycles. The van der Waals surface area contributed by atoms with E-state index in [1.807, 2.05) is 18.2 Å². The molecule has 0 radical (unpaired) electrons. The van der Waals surface area contributed by atoms with Gasteiger partial charge in [0.25, 0.3) is 10.0 Å². The third kappa shape index (κ3) is 4.15. The lowest BCUT2D eigenvalue weighted by Crippen LogP contribution is -3.14. The first-order chi connectivity index (χ1) is 12.5. The van der Waals surface area contributed by atoms with Gasteiger partial charge in [-0.1, -0.05) is 0 Å². The van der Waals surface area contributed by atoms with Gasteiger partial charge in [0.2, 0.25) is 0 Å². The number of anilines is 2. The minimum atomic E-state index is -3.66. The van der Waals surface area contributed by atoms with E-state index in [4.69, 9.17) is 5.26 Å². The smallest absolute Gasteiger partial charge is 0.261 e. The Morgan fingerprint density at radius 3 is 2.23 bits per heavy atom. The fourth-order valence-electron chi connectivity index (χ4n) is 3.10. The Morgan fingerprint density at radius 2 is 1.69 bits per heavy atom. The van der Waals surface area contributed by atoms with E-state index in [0.717, 1.165) is 38.4 Å². The lowest BCUT2D eigenvalue weighted by Gasteiger charge is -2.33. The highest BCUT2D eigenvalue weighted by Crippen LogP contribution is 2.21. The highest BCUT2D eigenvalue weighted by Gasteiger charge is 2.19. The molecular formula is C19H23N4O2S+. The van der Waals surface area contributed by atoms with E-state index in [-0.39, 0.29) is 4.90 Å². The molecule has 1 heterocycles. The van der Waals surface area contributed by atoms with Crippen LogP contribution in [0.25, 0.3) is 0 Å². The molecule has 0 aromatic heterocycles. The van der Waals surface area contributed by atoms with Crippen LogP contribution < -0.4 is 14.5 Å². The SMILES string of the molecule is CC[NH+]1CCN(c2ccc(NS(=O)(=O)c3ccc(C#N)cc3)cc2)CC1. The molecule has 0 atom stereocenters. The Hall–Kier alpha value is -2.56. The third-order valence-corrected chi connectivity index (χ3v) is 6.15. The average Bonchev–Trinajstić information content (AvgIpc) is 2.68. The topological polar surface area (TPSA) is 77.6 Å². The summed E-state index contributed by atoms with van der Waals surface area (Å²) in [5.41, 5.74) is 2.07. The second kappa shape index (κ2) is 7.77. The van der Waals surface area contributed by atoms with Gasteiger partial charge in [0.1, 0.15) is 0 Å². The second-order valence-corrected chi connectivity index (χ2v) is 8.06. The zero-order chi connectivity index (χ0) is 18.6. The molecule has 0 unspecified atom stereocenters. The molecule has 0 saturated carbocycles. The van der Waals surface area contributed by atoms with Gasteiger partial charge >= 0.3 is 0 Å². The molecule has 1 fully saturated rings. The van der Waals surface area contributed by atoms with Gasteiger partial charge in [-0.25, -0.2) is 8.42 Å². The van der Waals surface area contributed by atoms with Crippen LogP contribution in [-0.2, 0) is 10.0 Å². The van der Waals surface area contributed by atoms with E-state index >= 15 is 0 Å². The Bertz CT molecular complexity index is 879. The monoisotopic (exact) mass is 371 g/mol. The minimum Gasteiger partial charge on any atom is -0.360 e. The maximum Gasteiger partial charge on any atom is 0.261 e. The molecule has 6 nitrogen and oxygen atoms in total. The van der Waals surface area contributed by atoms with Crippen LogP contribution in [0.3, 0.4) is 0 Å². The maximum absolute atomic E-state index is 12.4. The molecule has 136 valence electrons. The van der Waals surface area contributed by atoms with Gasteiger partial charge in [-0.2, -0.15) is 5.26 Å². The van der Waals surface area contributed by atoms with Gasteiger partial charge in [-0.15, -0.1) is 0 Å². The molecule has 2 aromatic carbocycles. The predicted molar refractivity (Wildman–Crippen MR) is 102 cm³/mol. The molecule has 0 spiro atoms. The largest absolute Gasteiger partial charge is 0.360 e. The van der Waals surface area contributed by atoms with Gasteiger partial charge in [-0.3, -0.25) is 4.72 Å². The zero-order valence-corrected chi connectivity index (χ0v) is 15.6. The number of nitriles is 1. The number of hydrogen-bond donors (Lipinski definition) is 2. The Kier molecular flexibility index (Phi) is 5.45. The lowest BCUT2D eigenvalue weighted by atomic mass is 10.2. The average molecular weight is 371 g/mol. The van der Waals surface area contributed by atoms with Crippen molar-refractivity contribution in [3.8, 4) is 6.07 Å². The van der Waals surface area contributed by atoms with Crippen LogP contribution in [0.1, 0.15) is 12.5 Å². The van der Waals surface area contributed by atoms with E-state index in [2.05, 4.69) is 16.5 Å². The van der Waals surface area contributed by atoms with Crippen molar-refractivity contribution in [1.82, 2.24) is 0 Å². The second-order valence-electron chi connectivity index (χ2n) is 6.38. The van der Waals surface area contributed by atoms with Crippen molar-refractivity contribution in [3.63, 3.8) is 0 Å². The number of piperazine rings is 1. The molecule has 2 N–H and O–H groups in total. The molecular weight excluding hydrogens is 348 g/mol. The summed E-state index contributed by atoms with van der Waals surface area (Å²) < 4.78 is 27.5. The van der Waals surface area contributed by atoms with Gasteiger partial charge in [0.15, 0.2) is 0 Å². The van der Waals surface area contributed by atoms with Crippen molar-refractivity contribution in [2.24, 2.45) is 0 Å². The van der Waals surface area contributed by atoms with E-state index in [0.29, 0.717) is 11.3 Å². The Morgan fingerprint density at radius 1 is 1.08 bits per heavy atom. The normalized spacial score (nSPS) is 15.5. The van der Waals surface area contributed by atoms with E-state index in [1.54, 1.807) is 17.0 Å². The number of benzene rings is 2. The van der Waals surface area contributed by atoms with Crippen molar-refractivity contribution in [2.75, 3.05) is 42.3 Å². The van der Waals surface area contributed by atoms with Crippen LogP contribution in [0.15, 0.2) is 53.4 Å². The summed E-state index contributed by atoms with van der Waals surface area (Å²) in [4.78, 5) is 4.09. The number of sulfonamides is 1. The first-order valence-electron chi connectivity index (χ1n) is 8.73. The molecule has 2 aromatic rings. The quantitative estimate of drug-likeness (QED) is 0.825. The van der Waals surface area contributed by atoms with Crippen LogP contribution in [0.4, 0.5) is 11.4 Å². The fourth-order valence-corrected chi connectivity index (χ4v) is 4.16. The summed E-state index contributed by atoms with van der Waals surface area (Å²) in [5.74, 6) is 0. The number of nitrogens with zero attached hydrogens (tertiary/aromatic N) is 2. The predicted octanol–water partition coefficient (Wildman–Crippen LogP) is 1.08. The summed E-state index contributed by atoms with van der Waals surface area (Å²) in [6, 6.07) is 15.3. The maximum atomic E-state index is 12.4. The molecule has 0 bridgehead atoms. The molecule has 0 aliphatic carbocycles. The van der Waals surface area contributed by atoms with Crippen molar-refractivity contribution in [2.45, 2.75) is 11.8 Å². The summed E-state index contributed by atoms with van der Waals surface area (Å²) >= 11 is 0. The lowest BCUT2D eigenvalue weighted by molar-refractivity contribution is -0.898. The van der Waals surface area contributed by atoms with Crippen molar-refractivity contribution in [3.05, 3.63) is 54.1 Å². The minimum absolute atomic E-state index is 0.138. The molecule has 0 amide bonds. The van der Waals surface area contributed by atoms with E-state index in [9.17, 15) is 8.42 Å². The fraction of sp³-hybridized carbons (Fsp3) is 0.316. The number of nitrogens with one attached hydrogen (secondary N) is 2. The van der Waals surface area contributed by atoms with Crippen LogP contribution in [0, 0.1) is 11.3 Å². The van der Waals surface area contributed by atoms with Gasteiger partial charge in [0.05, 0.1) is 49.3 Å². The summed E-state index contributed by atoms with van der Waals surface area (Å²) in [5, 5.41) is 8.81. The number of likely N-dealkylation sites (N-methyl/N-ethyl adjacent to an activating group) is 1. The number of rotatable bonds is 5. The number of hydrogen-bond acceptors (Lipinski definition) is 4. The molecule has 1 aliphatic heterocycles. The van der Waals surface area contributed by atoms with Crippen LogP contribution >= 0.6 is 0 Å². The highest BCUT2D eigenvalue weighted by atomic mass is 32.2. The molecule has 3 rings (SSSR count). The third-order valence-electron chi connectivity index (χ3n) is 4.75. The number of quaternary nitrogens is 1. The first kappa shape index (κ1) is 18.2.